The molecule has 1 aromatic rings. The maximum absolute atomic E-state index is 10.3. The number of hydrogen-bond acceptors (Lipinski definition) is 4. The van der Waals surface area contributed by atoms with Crippen LogP contribution in [0.5, 0.6) is 0 Å². The van der Waals surface area contributed by atoms with Gasteiger partial charge in [0.1, 0.15) is 0 Å². The molecule has 0 amide bonds. The highest BCUT2D eigenvalue weighted by atomic mass is 16.3. The van der Waals surface area contributed by atoms with E-state index < -0.39 is 0 Å². The number of nitrogens with zero attached hydrogens (tertiary/aromatic N) is 1. The van der Waals surface area contributed by atoms with Crippen molar-refractivity contribution in [2.45, 2.75) is 78.2 Å². The van der Waals surface area contributed by atoms with Crippen LogP contribution in [0.4, 0.5) is 0 Å². The van der Waals surface area contributed by atoms with Crippen molar-refractivity contribution in [3.8, 4) is 0 Å². The number of fused-ring (bicyclic) bond motifs is 1. The minimum Gasteiger partial charge on any atom is -0.393 e. The molecule has 2 rings (SSSR count). The summed E-state index contributed by atoms with van der Waals surface area (Å²) in [7, 11) is 0. The molecule has 1 aromatic carbocycles. The van der Waals surface area contributed by atoms with E-state index in [9.17, 15) is 15.3 Å². The normalized spacial score (nSPS) is 19.2. The third-order valence-electron chi connectivity index (χ3n) is 5.46. The standard InChI is InChI=1S/C21H35NO3/c1-4-19(25)12-21-20-11-18(14-24)17(13-23)10-16(20)7-9-22(21)8-5-6-15(2)3/h10-11,15,19,21,23-25H,4-9,12-14H2,1-3H3/t19-,21-/m0/s1. The smallest absolute Gasteiger partial charge is 0.0685 e. The predicted molar refractivity (Wildman–Crippen MR) is 101 cm³/mol. The van der Waals surface area contributed by atoms with Gasteiger partial charge in [-0.05, 0) is 66.8 Å². The molecule has 4 nitrogen and oxygen atoms in total. The van der Waals surface area contributed by atoms with Gasteiger partial charge in [0.15, 0.2) is 0 Å². The molecule has 0 aromatic heterocycles. The highest BCUT2D eigenvalue weighted by Crippen LogP contribution is 2.36. The molecule has 0 saturated carbocycles. The van der Waals surface area contributed by atoms with Crippen LogP contribution in [-0.2, 0) is 19.6 Å². The third-order valence-corrected chi connectivity index (χ3v) is 5.46. The molecule has 1 heterocycles. The molecule has 1 aliphatic rings. The van der Waals surface area contributed by atoms with Crippen molar-refractivity contribution in [2.75, 3.05) is 13.1 Å². The van der Waals surface area contributed by atoms with Crippen LogP contribution in [0.1, 0.15) is 74.8 Å². The zero-order valence-corrected chi connectivity index (χ0v) is 16.0. The van der Waals surface area contributed by atoms with E-state index in [1.807, 2.05) is 6.92 Å². The number of rotatable bonds is 9. The fourth-order valence-electron chi connectivity index (χ4n) is 3.87. The van der Waals surface area contributed by atoms with Crippen molar-refractivity contribution in [1.82, 2.24) is 4.90 Å². The van der Waals surface area contributed by atoms with Gasteiger partial charge < -0.3 is 15.3 Å². The van der Waals surface area contributed by atoms with E-state index in [4.69, 9.17) is 0 Å². The summed E-state index contributed by atoms with van der Waals surface area (Å²) in [6.45, 7) is 8.49. The molecule has 4 heteroatoms. The Morgan fingerprint density at radius 3 is 2.44 bits per heavy atom. The van der Waals surface area contributed by atoms with Crippen LogP contribution in [0.2, 0.25) is 0 Å². The van der Waals surface area contributed by atoms with Gasteiger partial charge in [0, 0.05) is 12.6 Å². The van der Waals surface area contributed by atoms with E-state index >= 15 is 0 Å². The summed E-state index contributed by atoms with van der Waals surface area (Å²) >= 11 is 0. The van der Waals surface area contributed by atoms with Crippen LogP contribution < -0.4 is 0 Å². The fraction of sp³-hybridized carbons (Fsp3) is 0.714. The predicted octanol–water partition coefficient (Wildman–Crippen LogP) is 3.17. The lowest BCUT2D eigenvalue weighted by molar-refractivity contribution is 0.0906. The van der Waals surface area contributed by atoms with Gasteiger partial charge in [-0.3, -0.25) is 4.90 Å². The molecule has 0 bridgehead atoms. The van der Waals surface area contributed by atoms with Crippen LogP contribution in [0.15, 0.2) is 12.1 Å². The van der Waals surface area contributed by atoms with E-state index in [2.05, 4.69) is 30.9 Å². The molecule has 0 radical (unpaired) electrons. The average molecular weight is 350 g/mol. The third kappa shape index (κ3) is 5.27. The van der Waals surface area contributed by atoms with Crippen molar-refractivity contribution in [1.29, 1.82) is 0 Å². The van der Waals surface area contributed by atoms with Gasteiger partial charge in [0.25, 0.3) is 0 Å². The number of aliphatic hydroxyl groups excluding tert-OH is 3. The van der Waals surface area contributed by atoms with Crippen LogP contribution in [-0.4, -0.2) is 39.4 Å². The van der Waals surface area contributed by atoms with Gasteiger partial charge in [-0.1, -0.05) is 32.9 Å². The molecule has 25 heavy (non-hydrogen) atoms. The minimum atomic E-state index is -0.307. The maximum Gasteiger partial charge on any atom is 0.0685 e. The Morgan fingerprint density at radius 1 is 1.16 bits per heavy atom. The van der Waals surface area contributed by atoms with Crippen molar-refractivity contribution in [3.05, 3.63) is 34.4 Å². The van der Waals surface area contributed by atoms with Crippen LogP contribution >= 0.6 is 0 Å². The summed E-state index contributed by atoms with van der Waals surface area (Å²) in [5.74, 6) is 0.713. The van der Waals surface area contributed by atoms with Gasteiger partial charge in [-0.25, -0.2) is 0 Å². The molecule has 3 N–H and O–H groups in total. The lowest BCUT2D eigenvalue weighted by Gasteiger charge is -2.39. The summed E-state index contributed by atoms with van der Waals surface area (Å²) in [6, 6.07) is 4.31. The summed E-state index contributed by atoms with van der Waals surface area (Å²) < 4.78 is 0. The minimum absolute atomic E-state index is 0.0382. The van der Waals surface area contributed by atoms with Crippen LogP contribution in [0, 0.1) is 5.92 Å². The van der Waals surface area contributed by atoms with E-state index in [1.165, 1.54) is 24.0 Å². The largest absolute Gasteiger partial charge is 0.393 e. The van der Waals surface area contributed by atoms with Crippen molar-refractivity contribution in [3.63, 3.8) is 0 Å². The van der Waals surface area contributed by atoms with E-state index in [-0.39, 0.29) is 25.4 Å². The molecule has 0 aliphatic carbocycles. The second-order valence-electron chi connectivity index (χ2n) is 7.77. The summed E-state index contributed by atoms with van der Waals surface area (Å²) in [6.07, 6.45) is 4.54. The Balaban J connectivity index is 2.27. The van der Waals surface area contributed by atoms with Gasteiger partial charge in [-0.2, -0.15) is 0 Å². The van der Waals surface area contributed by atoms with Crippen LogP contribution in [0.3, 0.4) is 0 Å². The summed E-state index contributed by atoms with van der Waals surface area (Å²) in [5.41, 5.74) is 4.12. The van der Waals surface area contributed by atoms with E-state index in [1.54, 1.807) is 0 Å². The lowest BCUT2D eigenvalue weighted by atomic mass is 9.85. The van der Waals surface area contributed by atoms with E-state index in [0.717, 1.165) is 43.5 Å². The molecule has 0 spiro atoms. The fourth-order valence-corrected chi connectivity index (χ4v) is 3.87. The van der Waals surface area contributed by atoms with E-state index in [0.29, 0.717) is 5.92 Å². The van der Waals surface area contributed by atoms with Gasteiger partial charge in [-0.15, -0.1) is 0 Å². The maximum atomic E-state index is 10.3. The Bertz CT molecular complexity index is 544. The molecule has 2 atom stereocenters. The summed E-state index contributed by atoms with van der Waals surface area (Å²) in [4.78, 5) is 2.50. The summed E-state index contributed by atoms with van der Waals surface area (Å²) in [5, 5.41) is 29.5. The van der Waals surface area contributed by atoms with Crippen molar-refractivity contribution >= 4 is 0 Å². The van der Waals surface area contributed by atoms with Crippen LogP contribution in [0.25, 0.3) is 0 Å². The van der Waals surface area contributed by atoms with Gasteiger partial charge >= 0.3 is 0 Å². The zero-order valence-electron chi connectivity index (χ0n) is 16.0. The Labute approximate surface area is 152 Å². The topological polar surface area (TPSA) is 63.9 Å². The second kappa shape index (κ2) is 9.67. The highest BCUT2D eigenvalue weighted by molar-refractivity contribution is 5.41. The molecule has 0 saturated heterocycles. The molecule has 0 fully saturated rings. The monoisotopic (exact) mass is 349 g/mol. The SMILES string of the molecule is CC[C@H](O)C[C@H]1c2cc(CO)c(CO)cc2CCN1CCCC(C)C. The first-order chi connectivity index (χ1) is 12.0. The average Bonchev–Trinajstić information content (AvgIpc) is 2.61. The van der Waals surface area contributed by atoms with Gasteiger partial charge in [0.2, 0.25) is 0 Å². The highest BCUT2D eigenvalue weighted by Gasteiger charge is 2.29. The molecule has 1 aliphatic heterocycles. The number of benzene rings is 1. The molecular weight excluding hydrogens is 314 g/mol. The lowest BCUT2D eigenvalue weighted by Crippen LogP contribution is -2.38. The Hall–Kier alpha value is -0.940. The quantitative estimate of drug-likeness (QED) is 0.641. The first-order valence-corrected chi connectivity index (χ1v) is 9.78. The molecular formula is C21H35NO3. The zero-order chi connectivity index (χ0) is 18.4. The first kappa shape index (κ1) is 20.4. The van der Waals surface area contributed by atoms with Crippen molar-refractivity contribution in [2.24, 2.45) is 5.92 Å². The number of hydrogen-bond donors (Lipinski definition) is 3. The Morgan fingerprint density at radius 2 is 1.84 bits per heavy atom. The van der Waals surface area contributed by atoms with Gasteiger partial charge in [0.05, 0.1) is 19.3 Å². The van der Waals surface area contributed by atoms with Crippen molar-refractivity contribution < 1.29 is 15.3 Å². The molecule has 142 valence electrons. The first-order valence-electron chi connectivity index (χ1n) is 9.78. The second-order valence-corrected chi connectivity index (χ2v) is 7.77. The Kier molecular flexibility index (Phi) is 7.88. The molecule has 0 unspecified atom stereocenters. The number of aliphatic hydroxyl groups is 3.